The summed E-state index contributed by atoms with van der Waals surface area (Å²) in [6.07, 6.45) is 5.50. The summed E-state index contributed by atoms with van der Waals surface area (Å²) in [5, 5.41) is 2.10. The van der Waals surface area contributed by atoms with Gasteiger partial charge in [-0.15, -0.1) is 11.3 Å². The molecular formula is C29H34N2O3S2. The first-order chi connectivity index (χ1) is 17.4. The highest BCUT2D eigenvalue weighted by Crippen LogP contribution is 2.39. The first kappa shape index (κ1) is 25.2. The first-order valence-electron chi connectivity index (χ1n) is 12.9. The molecule has 1 saturated carbocycles. The zero-order valence-electron chi connectivity index (χ0n) is 21.0. The molecule has 3 aromatic rings. The third-order valence-electron chi connectivity index (χ3n) is 7.67. The van der Waals surface area contributed by atoms with E-state index in [2.05, 4.69) is 30.5 Å². The number of rotatable bonds is 6. The lowest BCUT2D eigenvalue weighted by molar-refractivity contribution is -0.134. The molecule has 0 bridgehead atoms. The quantitative estimate of drug-likeness (QED) is 0.407. The Hall–Kier alpha value is -2.48. The number of fused-ring (bicyclic) bond motifs is 1. The molecule has 1 atom stereocenters. The van der Waals surface area contributed by atoms with Crippen LogP contribution >= 0.6 is 11.3 Å². The molecule has 2 heterocycles. The summed E-state index contributed by atoms with van der Waals surface area (Å²) in [6.45, 7) is 4.49. The van der Waals surface area contributed by atoms with Gasteiger partial charge in [0.25, 0.3) is 0 Å². The molecular weight excluding hydrogens is 488 g/mol. The average Bonchev–Trinajstić information content (AvgIpc) is 3.37. The number of benzene rings is 2. The molecule has 1 amide bonds. The Bertz CT molecular complexity index is 1320. The van der Waals surface area contributed by atoms with Gasteiger partial charge in [-0.2, -0.15) is 4.31 Å². The Morgan fingerprint density at radius 2 is 1.69 bits per heavy atom. The second kappa shape index (κ2) is 10.5. The maximum absolute atomic E-state index is 14.0. The lowest BCUT2D eigenvalue weighted by Gasteiger charge is -2.39. The number of hydrogen-bond donors (Lipinski definition) is 0. The van der Waals surface area contributed by atoms with Crippen LogP contribution in [0.25, 0.3) is 0 Å². The van der Waals surface area contributed by atoms with Crippen molar-refractivity contribution < 1.29 is 13.2 Å². The standard InChI is InChI=1S/C29H34N2O3S2/c1-21-12-14-24(15-13-21)36(33,34)31(23-9-4-3-5-10-23)20-28(32)30-18-16-27-26(17-19-35-27)29(30)25-11-7-6-8-22(25)2/h6-8,11-15,17,19,23,29H,3-5,9-10,16,18,20H2,1-2H3. The maximum atomic E-state index is 14.0. The normalized spacial score (nSPS) is 18.9. The molecule has 0 radical (unpaired) electrons. The fraction of sp³-hybridized carbons (Fsp3) is 0.414. The van der Waals surface area contributed by atoms with E-state index in [1.807, 2.05) is 36.1 Å². The van der Waals surface area contributed by atoms with Gasteiger partial charge in [0.05, 0.1) is 17.5 Å². The van der Waals surface area contributed by atoms with E-state index in [4.69, 9.17) is 0 Å². The minimum absolute atomic E-state index is 0.122. The SMILES string of the molecule is Cc1ccc(S(=O)(=O)N(CC(=O)N2CCc3sccc3C2c2ccccc2C)C2CCCCC2)cc1. The fourth-order valence-electron chi connectivity index (χ4n) is 5.66. The molecule has 1 aliphatic heterocycles. The van der Waals surface area contributed by atoms with Gasteiger partial charge in [0, 0.05) is 17.5 Å². The summed E-state index contributed by atoms with van der Waals surface area (Å²) in [5.74, 6) is -0.124. The Morgan fingerprint density at radius 1 is 0.972 bits per heavy atom. The van der Waals surface area contributed by atoms with Gasteiger partial charge in [0.1, 0.15) is 0 Å². The van der Waals surface area contributed by atoms with Gasteiger partial charge in [-0.3, -0.25) is 4.79 Å². The Balaban J connectivity index is 1.50. The van der Waals surface area contributed by atoms with E-state index in [0.717, 1.165) is 55.2 Å². The monoisotopic (exact) mass is 522 g/mol. The van der Waals surface area contributed by atoms with Crippen LogP contribution in [0.5, 0.6) is 0 Å². The van der Waals surface area contributed by atoms with Crippen molar-refractivity contribution in [3.8, 4) is 0 Å². The Morgan fingerprint density at radius 3 is 2.42 bits per heavy atom. The highest BCUT2D eigenvalue weighted by Gasteiger charge is 2.38. The van der Waals surface area contributed by atoms with Crippen molar-refractivity contribution in [3.05, 3.63) is 87.1 Å². The molecule has 0 spiro atoms. The molecule has 2 aromatic carbocycles. The largest absolute Gasteiger partial charge is 0.330 e. The molecule has 2 aliphatic rings. The number of amides is 1. The van der Waals surface area contributed by atoms with E-state index in [1.165, 1.54) is 14.7 Å². The van der Waals surface area contributed by atoms with Crippen molar-refractivity contribution in [3.63, 3.8) is 0 Å². The number of carbonyl (C=O) groups excluding carboxylic acids is 1. The molecule has 1 aromatic heterocycles. The van der Waals surface area contributed by atoms with Crippen LogP contribution in [0.4, 0.5) is 0 Å². The van der Waals surface area contributed by atoms with Crippen LogP contribution in [0.3, 0.4) is 0 Å². The summed E-state index contributed by atoms with van der Waals surface area (Å²) in [5.41, 5.74) is 4.42. The van der Waals surface area contributed by atoms with E-state index in [1.54, 1.807) is 23.5 Å². The molecule has 190 valence electrons. The Labute approximate surface area is 218 Å². The predicted molar refractivity (Wildman–Crippen MR) is 145 cm³/mol. The molecule has 36 heavy (non-hydrogen) atoms. The molecule has 1 fully saturated rings. The van der Waals surface area contributed by atoms with E-state index < -0.39 is 10.0 Å². The number of carbonyl (C=O) groups is 1. The maximum Gasteiger partial charge on any atom is 0.243 e. The topological polar surface area (TPSA) is 57.7 Å². The van der Waals surface area contributed by atoms with Gasteiger partial charge in [-0.1, -0.05) is 61.2 Å². The van der Waals surface area contributed by atoms with Crippen LogP contribution in [-0.4, -0.2) is 42.7 Å². The lowest BCUT2D eigenvalue weighted by Crippen LogP contribution is -2.50. The van der Waals surface area contributed by atoms with E-state index in [9.17, 15) is 13.2 Å². The van der Waals surface area contributed by atoms with Crippen LogP contribution < -0.4 is 0 Å². The minimum atomic E-state index is -3.80. The van der Waals surface area contributed by atoms with Gasteiger partial charge in [-0.05, 0) is 73.4 Å². The van der Waals surface area contributed by atoms with Crippen LogP contribution in [-0.2, 0) is 21.2 Å². The molecule has 1 unspecified atom stereocenters. The second-order valence-corrected chi connectivity index (χ2v) is 12.9. The van der Waals surface area contributed by atoms with Crippen molar-refractivity contribution in [2.24, 2.45) is 0 Å². The summed E-state index contributed by atoms with van der Waals surface area (Å²) in [4.78, 5) is 17.5. The first-order valence-corrected chi connectivity index (χ1v) is 15.2. The average molecular weight is 523 g/mol. The van der Waals surface area contributed by atoms with E-state index >= 15 is 0 Å². The summed E-state index contributed by atoms with van der Waals surface area (Å²) in [7, 11) is -3.80. The predicted octanol–water partition coefficient (Wildman–Crippen LogP) is 5.86. The highest BCUT2D eigenvalue weighted by molar-refractivity contribution is 7.89. The summed E-state index contributed by atoms with van der Waals surface area (Å²) in [6, 6.07) is 17.0. The number of aryl methyl sites for hydroxylation is 2. The summed E-state index contributed by atoms with van der Waals surface area (Å²) < 4.78 is 29.3. The van der Waals surface area contributed by atoms with Crippen molar-refractivity contribution >= 4 is 27.3 Å². The zero-order chi connectivity index (χ0) is 25.3. The van der Waals surface area contributed by atoms with E-state index in [0.29, 0.717) is 6.54 Å². The highest BCUT2D eigenvalue weighted by atomic mass is 32.2. The third-order valence-corrected chi connectivity index (χ3v) is 10.6. The van der Waals surface area contributed by atoms with Gasteiger partial charge >= 0.3 is 0 Å². The second-order valence-electron chi connectivity index (χ2n) is 10.1. The van der Waals surface area contributed by atoms with Crippen LogP contribution in [0.2, 0.25) is 0 Å². The van der Waals surface area contributed by atoms with Crippen molar-refractivity contribution in [1.82, 2.24) is 9.21 Å². The molecule has 0 N–H and O–H groups in total. The number of hydrogen-bond acceptors (Lipinski definition) is 4. The van der Waals surface area contributed by atoms with Gasteiger partial charge < -0.3 is 4.90 Å². The van der Waals surface area contributed by atoms with Crippen LogP contribution in [0, 0.1) is 13.8 Å². The minimum Gasteiger partial charge on any atom is -0.330 e. The van der Waals surface area contributed by atoms with Gasteiger partial charge in [0.15, 0.2) is 0 Å². The molecule has 1 aliphatic carbocycles. The van der Waals surface area contributed by atoms with Crippen LogP contribution in [0.1, 0.15) is 65.3 Å². The van der Waals surface area contributed by atoms with Gasteiger partial charge in [-0.25, -0.2) is 8.42 Å². The fourth-order valence-corrected chi connectivity index (χ4v) is 8.20. The van der Waals surface area contributed by atoms with Gasteiger partial charge in [0.2, 0.25) is 15.9 Å². The lowest BCUT2D eigenvalue weighted by atomic mass is 9.90. The Kier molecular flexibility index (Phi) is 7.33. The molecule has 0 saturated heterocycles. The number of sulfonamides is 1. The van der Waals surface area contributed by atoms with Crippen molar-refractivity contribution in [2.45, 2.75) is 69.4 Å². The number of thiophene rings is 1. The van der Waals surface area contributed by atoms with Crippen molar-refractivity contribution in [2.75, 3.05) is 13.1 Å². The van der Waals surface area contributed by atoms with Crippen LogP contribution in [0.15, 0.2) is 64.9 Å². The zero-order valence-corrected chi connectivity index (χ0v) is 22.7. The smallest absolute Gasteiger partial charge is 0.243 e. The molecule has 7 heteroatoms. The van der Waals surface area contributed by atoms with Crippen molar-refractivity contribution in [1.29, 1.82) is 0 Å². The van der Waals surface area contributed by atoms with E-state index in [-0.39, 0.29) is 29.4 Å². The summed E-state index contributed by atoms with van der Waals surface area (Å²) >= 11 is 1.74. The number of nitrogens with zero attached hydrogens (tertiary/aromatic N) is 2. The third kappa shape index (κ3) is 4.89. The molecule has 5 nitrogen and oxygen atoms in total. The molecule has 5 rings (SSSR count).